The summed E-state index contributed by atoms with van der Waals surface area (Å²) in [7, 11) is 0. The normalized spacial score (nSPS) is 27.8. The Labute approximate surface area is 130 Å². The molecule has 0 aliphatic carbocycles. The van der Waals surface area contributed by atoms with Gasteiger partial charge in [-0.2, -0.15) is 0 Å². The zero-order valence-corrected chi connectivity index (χ0v) is 14.3. The molecule has 2 aliphatic heterocycles. The van der Waals surface area contributed by atoms with Crippen LogP contribution in [0.3, 0.4) is 0 Å². The summed E-state index contributed by atoms with van der Waals surface area (Å²) in [6.07, 6.45) is 3.27. The van der Waals surface area contributed by atoms with E-state index in [1.54, 1.807) is 0 Å². The van der Waals surface area contributed by atoms with Gasteiger partial charge in [-0.1, -0.05) is 27.7 Å². The Bertz CT molecular complexity index is 338. The number of carbonyl (C=O) groups excluding carboxylic acids is 1. The first kappa shape index (κ1) is 16.8. The fourth-order valence-electron chi connectivity index (χ4n) is 4.12. The lowest BCUT2D eigenvalue weighted by Crippen LogP contribution is -2.53. The van der Waals surface area contributed by atoms with Crippen molar-refractivity contribution in [1.29, 1.82) is 0 Å². The van der Waals surface area contributed by atoms with Gasteiger partial charge < -0.3 is 15.1 Å². The molecule has 122 valence electrons. The second-order valence-corrected chi connectivity index (χ2v) is 6.98. The van der Waals surface area contributed by atoms with Crippen LogP contribution in [0.4, 0.5) is 0 Å². The van der Waals surface area contributed by atoms with Gasteiger partial charge in [-0.05, 0) is 44.8 Å². The van der Waals surface area contributed by atoms with Crippen molar-refractivity contribution in [3.05, 3.63) is 0 Å². The van der Waals surface area contributed by atoms with E-state index in [2.05, 4.69) is 42.8 Å². The van der Waals surface area contributed by atoms with E-state index in [1.807, 2.05) is 0 Å². The highest BCUT2D eigenvalue weighted by Gasteiger charge is 2.46. The van der Waals surface area contributed by atoms with Gasteiger partial charge in [0.05, 0.1) is 5.41 Å². The fraction of sp³-hybridized carbons (Fsp3) is 0.941. The van der Waals surface area contributed by atoms with Crippen LogP contribution in [-0.2, 0) is 4.79 Å². The molecule has 4 nitrogen and oxygen atoms in total. The number of hydrogen-bond donors (Lipinski definition) is 1. The van der Waals surface area contributed by atoms with Crippen LogP contribution in [0.2, 0.25) is 0 Å². The van der Waals surface area contributed by atoms with Crippen LogP contribution in [0, 0.1) is 11.3 Å². The zero-order valence-electron chi connectivity index (χ0n) is 14.3. The largest absolute Gasteiger partial charge is 0.342 e. The van der Waals surface area contributed by atoms with Crippen molar-refractivity contribution < 1.29 is 4.79 Å². The minimum absolute atomic E-state index is 0.151. The molecule has 0 spiro atoms. The number of nitrogens with one attached hydrogen (secondary N) is 1. The van der Waals surface area contributed by atoms with E-state index in [-0.39, 0.29) is 5.41 Å². The maximum Gasteiger partial charge on any atom is 0.230 e. The topological polar surface area (TPSA) is 35.6 Å². The highest BCUT2D eigenvalue weighted by Crippen LogP contribution is 2.37. The molecular weight excluding hydrogens is 262 g/mol. The molecule has 1 N–H and O–H groups in total. The van der Waals surface area contributed by atoms with Crippen LogP contribution >= 0.6 is 0 Å². The molecule has 1 amide bonds. The average Bonchev–Trinajstić information content (AvgIpc) is 2.99. The van der Waals surface area contributed by atoms with Crippen molar-refractivity contribution in [2.45, 2.75) is 53.0 Å². The average molecular weight is 295 g/mol. The van der Waals surface area contributed by atoms with Crippen LogP contribution in [0.15, 0.2) is 0 Å². The molecule has 0 aromatic heterocycles. The molecule has 0 aromatic rings. The smallest absolute Gasteiger partial charge is 0.230 e. The van der Waals surface area contributed by atoms with Gasteiger partial charge in [0.2, 0.25) is 5.91 Å². The van der Waals surface area contributed by atoms with Crippen LogP contribution < -0.4 is 5.32 Å². The molecule has 0 aromatic carbocycles. The predicted octanol–water partition coefficient (Wildman–Crippen LogP) is 1.95. The van der Waals surface area contributed by atoms with Crippen LogP contribution in [0.25, 0.3) is 0 Å². The summed E-state index contributed by atoms with van der Waals surface area (Å²) < 4.78 is 0. The van der Waals surface area contributed by atoms with Crippen LogP contribution in [0.5, 0.6) is 0 Å². The second-order valence-electron chi connectivity index (χ2n) is 6.98. The molecule has 2 rings (SSSR count). The molecule has 21 heavy (non-hydrogen) atoms. The van der Waals surface area contributed by atoms with Crippen molar-refractivity contribution in [2.75, 3.05) is 39.3 Å². The van der Waals surface area contributed by atoms with E-state index < -0.39 is 0 Å². The molecule has 0 radical (unpaired) electrons. The Morgan fingerprint density at radius 2 is 1.90 bits per heavy atom. The van der Waals surface area contributed by atoms with Gasteiger partial charge in [0.1, 0.15) is 0 Å². The Hall–Kier alpha value is -0.610. The first-order valence-corrected chi connectivity index (χ1v) is 8.79. The molecule has 2 heterocycles. The highest BCUT2D eigenvalue weighted by atomic mass is 16.2. The number of rotatable bonds is 5. The quantitative estimate of drug-likeness (QED) is 0.842. The number of carbonyl (C=O) groups is 1. The first-order valence-electron chi connectivity index (χ1n) is 8.79. The molecular formula is C17H33N3O. The summed E-state index contributed by atoms with van der Waals surface area (Å²) in [5.74, 6) is 0.820. The minimum atomic E-state index is -0.151. The molecule has 2 aliphatic rings. The van der Waals surface area contributed by atoms with Crippen molar-refractivity contribution in [3.8, 4) is 0 Å². The summed E-state index contributed by atoms with van der Waals surface area (Å²) in [4.78, 5) is 17.7. The van der Waals surface area contributed by atoms with Crippen LogP contribution in [0.1, 0.15) is 47.0 Å². The third-order valence-corrected chi connectivity index (χ3v) is 5.80. The highest BCUT2D eigenvalue weighted by molar-refractivity contribution is 5.83. The lowest BCUT2D eigenvalue weighted by Gasteiger charge is -2.42. The van der Waals surface area contributed by atoms with Crippen molar-refractivity contribution >= 4 is 5.91 Å². The van der Waals surface area contributed by atoms with E-state index in [1.165, 1.54) is 0 Å². The summed E-state index contributed by atoms with van der Waals surface area (Å²) in [5, 5.41) is 3.40. The number of nitrogens with zero attached hydrogens (tertiary/aromatic N) is 2. The number of amides is 1. The summed E-state index contributed by atoms with van der Waals surface area (Å²) in [6.45, 7) is 14.8. The molecule has 1 unspecified atom stereocenters. The van der Waals surface area contributed by atoms with Gasteiger partial charge in [0.15, 0.2) is 0 Å². The van der Waals surface area contributed by atoms with Crippen molar-refractivity contribution in [2.24, 2.45) is 11.3 Å². The molecule has 1 atom stereocenters. The zero-order chi connectivity index (χ0) is 15.5. The molecule has 2 saturated heterocycles. The second kappa shape index (κ2) is 7.10. The van der Waals surface area contributed by atoms with E-state index in [0.717, 1.165) is 58.5 Å². The van der Waals surface area contributed by atoms with E-state index >= 15 is 0 Å². The van der Waals surface area contributed by atoms with Gasteiger partial charge in [-0.15, -0.1) is 0 Å². The molecule has 2 fully saturated rings. The molecule has 0 saturated carbocycles. The monoisotopic (exact) mass is 295 g/mol. The van der Waals surface area contributed by atoms with Crippen molar-refractivity contribution in [3.63, 3.8) is 0 Å². The third-order valence-electron chi connectivity index (χ3n) is 5.80. The standard InChI is InChI=1S/C17H33N3O/c1-5-19(6-2)15-7-11-20(12-8-15)16(21)17(14(3)4)9-10-18-13-17/h14-15,18H,5-13H2,1-4H3. The lowest BCUT2D eigenvalue weighted by atomic mass is 9.75. The third kappa shape index (κ3) is 3.26. The Balaban J connectivity index is 1.96. The number of piperidine rings is 1. The molecule has 4 heteroatoms. The maximum atomic E-state index is 13.1. The van der Waals surface area contributed by atoms with E-state index in [9.17, 15) is 4.79 Å². The first-order chi connectivity index (χ1) is 10.0. The summed E-state index contributed by atoms with van der Waals surface area (Å²) in [6, 6.07) is 0.667. The van der Waals surface area contributed by atoms with Gasteiger partial charge >= 0.3 is 0 Å². The Morgan fingerprint density at radius 1 is 1.29 bits per heavy atom. The Kier molecular flexibility index (Phi) is 5.67. The Morgan fingerprint density at radius 3 is 2.33 bits per heavy atom. The SMILES string of the molecule is CCN(CC)C1CCN(C(=O)C2(C(C)C)CCNC2)CC1. The number of likely N-dealkylation sites (tertiary alicyclic amines) is 1. The maximum absolute atomic E-state index is 13.1. The number of hydrogen-bond acceptors (Lipinski definition) is 3. The van der Waals surface area contributed by atoms with E-state index in [0.29, 0.717) is 17.9 Å². The summed E-state index contributed by atoms with van der Waals surface area (Å²) in [5.41, 5.74) is -0.151. The fourth-order valence-corrected chi connectivity index (χ4v) is 4.12. The van der Waals surface area contributed by atoms with E-state index in [4.69, 9.17) is 0 Å². The lowest BCUT2D eigenvalue weighted by molar-refractivity contribution is -0.145. The predicted molar refractivity (Wildman–Crippen MR) is 87.3 cm³/mol. The minimum Gasteiger partial charge on any atom is -0.342 e. The van der Waals surface area contributed by atoms with Gasteiger partial charge in [0, 0.05) is 25.7 Å². The summed E-state index contributed by atoms with van der Waals surface area (Å²) >= 11 is 0. The van der Waals surface area contributed by atoms with Crippen LogP contribution in [-0.4, -0.2) is 61.0 Å². The van der Waals surface area contributed by atoms with Gasteiger partial charge in [-0.3, -0.25) is 4.79 Å². The molecule has 0 bridgehead atoms. The van der Waals surface area contributed by atoms with Crippen molar-refractivity contribution in [1.82, 2.24) is 15.1 Å². The van der Waals surface area contributed by atoms with Gasteiger partial charge in [-0.25, -0.2) is 0 Å². The van der Waals surface area contributed by atoms with Gasteiger partial charge in [0.25, 0.3) is 0 Å².